The fourth-order valence-electron chi connectivity index (χ4n) is 10.6. The van der Waals surface area contributed by atoms with Crippen molar-refractivity contribution in [2.45, 2.75) is 91.9 Å². The Labute approximate surface area is 417 Å². The van der Waals surface area contributed by atoms with Crippen LogP contribution in [0.25, 0.3) is 49.9 Å². The molecule has 2 aliphatic heterocycles. The Hall–Kier alpha value is -6.10. The Kier molecular flexibility index (Phi) is 11.1. The molecule has 0 saturated carbocycles. The van der Waals surface area contributed by atoms with Gasteiger partial charge in [-0.25, -0.2) is 9.58 Å². The van der Waals surface area contributed by atoms with Gasteiger partial charge >= 0.3 is 0 Å². The van der Waals surface area contributed by atoms with Gasteiger partial charge in [-0.1, -0.05) is 160 Å². The standard InChI is InChI=1S/C62H59N4O.Pt/c1-40(2)51-22-18-23-52(41(3)4)60(51)44-31-43(42-19-12-11-13-20-42)32-47(33-44)65-39-66(65,58-26-17-16-25-57(58)65)48-34-46(62(8,9)10)35-50(37-48)67-49-27-28-54-53-21-14-15-24-55(53)64(56(54)38-49)59-36-45(29-30-63-59)61(5,6)7;/h11-36,39-41H,1-10H3;/q-1;/t65-,66?;/m0./s1. The van der Waals surface area contributed by atoms with Crippen molar-refractivity contribution in [3.8, 4) is 39.6 Å². The number of quaternary nitrogens is 2. The Bertz CT molecular complexity index is 3380. The van der Waals surface area contributed by atoms with E-state index >= 15 is 0 Å². The maximum absolute atomic E-state index is 6.99. The van der Waals surface area contributed by atoms with Crippen molar-refractivity contribution in [2.24, 2.45) is 0 Å². The fraction of sp³-hybridized carbons (Fsp3) is 0.226. The second-order valence-electron chi connectivity index (χ2n) is 21.3. The van der Waals surface area contributed by atoms with Gasteiger partial charge in [-0.05, 0) is 91.3 Å². The molecule has 11 rings (SSSR count). The van der Waals surface area contributed by atoms with Gasteiger partial charge in [0.2, 0.25) is 11.4 Å². The van der Waals surface area contributed by atoms with E-state index in [1.54, 1.807) is 0 Å². The van der Waals surface area contributed by atoms with E-state index in [9.17, 15) is 0 Å². The van der Waals surface area contributed by atoms with Crippen LogP contribution >= 0.6 is 0 Å². The van der Waals surface area contributed by atoms with E-state index in [1.165, 1.54) is 61.6 Å². The van der Waals surface area contributed by atoms with E-state index in [0.717, 1.165) is 33.3 Å². The predicted molar refractivity (Wildman–Crippen MR) is 279 cm³/mol. The van der Waals surface area contributed by atoms with Crippen molar-refractivity contribution in [1.82, 2.24) is 18.7 Å². The summed E-state index contributed by atoms with van der Waals surface area (Å²) in [6.07, 6.45) is 1.92. The third-order valence-corrected chi connectivity index (χ3v) is 14.2. The van der Waals surface area contributed by atoms with Crippen LogP contribution < -0.4 is 13.9 Å². The first kappa shape index (κ1) is 45.7. The minimum Gasteiger partial charge on any atom is -0.509 e. The van der Waals surface area contributed by atoms with Crippen molar-refractivity contribution in [3.63, 3.8) is 0 Å². The van der Waals surface area contributed by atoms with Crippen LogP contribution in [0.5, 0.6) is 11.5 Å². The number of para-hydroxylation sites is 3. The van der Waals surface area contributed by atoms with Gasteiger partial charge in [0.05, 0.1) is 5.69 Å². The number of fused-ring (bicyclic) bond motifs is 7. The van der Waals surface area contributed by atoms with E-state index < -0.39 is 0 Å². The van der Waals surface area contributed by atoms with E-state index in [-0.39, 0.29) is 31.9 Å². The zero-order valence-corrected chi connectivity index (χ0v) is 43.0. The predicted octanol–water partition coefficient (Wildman–Crippen LogP) is 17.1. The topological polar surface area (TPSA) is 27.1 Å². The van der Waals surface area contributed by atoms with Crippen molar-refractivity contribution >= 4 is 44.6 Å². The minimum atomic E-state index is -0.172. The van der Waals surface area contributed by atoms with E-state index in [1.807, 2.05) is 12.3 Å². The number of pyridine rings is 1. The van der Waals surface area contributed by atoms with Crippen LogP contribution in [-0.2, 0) is 31.9 Å². The zero-order chi connectivity index (χ0) is 46.6. The van der Waals surface area contributed by atoms with E-state index in [0.29, 0.717) is 32.5 Å². The quantitative estimate of drug-likeness (QED) is 0.0818. The van der Waals surface area contributed by atoms with Gasteiger partial charge in [0.15, 0.2) is 12.4 Å². The summed E-state index contributed by atoms with van der Waals surface area (Å²) in [5.41, 5.74) is 16.7. The molecule has 1 unspecified atom stereocenters. The molecule has 2 aromatic heterocycles. The van der Waals surface area contributed by atoms with Crippen LogP contribution in [0.15, 0.2) is 158 Å². The van der Waals surface area contributed by atoms with Crippen molar-refractivity contribution in [3.05, 3.63) is 199 Å². The molecule has 7 aromatic carbocycles. The molecular weight excluding hydrogens is 1010 g/mol. The molecule has 0 radical (unpaired) electrons. The monoisotopic (exact) mass is 1070 g/mol. The summed E-state index contributed by atoms with van der Waals surface area (Å²) < 4.78 is 10.3. The van der Waals surface area contributed by atoms with E-state index in [2.05, 4.69) is 238 Å². The molecule has 0 spiro atoms. The number of benzene rings is 7. The Morgan fingerprint density at radius 2 is 1.21 bits per heavy atom. The summed E-state index contributed by atoms with van der Waals surface area (Å²) in [4.78, 5) is 4.91. The van der Waals surface area contributed by atoms with Crippen LogP contribution in [0.4, 0.5) is 22.7 Å². The Morgan fingerprint density at radius 1 is 0.559 bits per heavy atom. The maximum atomic E-state index is 6.99. The third kappa shape index (κ3) is 7.20. The number of hydrogen-bond acceptors (Lipinski definition) is 2. The molecule has 5 nitrogen and oxygen atoms in total. The number of aromatic nitrogens is 2. The summed E-state index contributed by atoms with van der Waals surface area (Å²) in [7, 11) is 0. The molecule has 68 heavy (non-hydrogen) atoms. The molecule has 2 atom stereocenters. The maximum Gasteiger partial charge on any atom is 0.225 e. The summed E-state index contributed by atoms with van der Waals surface area (Å²) >= 11 is 0. The van der Waals surface area contributed by atoms with Crippen LogP contribution in [0.2, 0.25) is 0 Å². The fourth-order valence-corrected chi connectivity index (χ4v) is 10.6. The van der Waals surface area contributed by atoms with Crippen molar-refractivity contribution in [1.29, 1.82) is 0 Å². The normalized spacial score (nSPS) is 17.5. The largest absolute Gasteiger partial charge is 0.509 e. The summed E-state index contributed by atoms with van der Waals surface area (Å²) in [5.74, 6) is 2.88. The van der Waals surface area contributed by atoms with Crippen LogP contribution in [0.3, 0.4) is 0 Å². The van der Waals surface area contributed by atoms with Crippen LogP contribution in [0, 0.1) is 18.8 Å². The number of hydrogen-bond donors (Lipinski definition) is 0. The van der Waals surface area contributed by atoms with Crippen molar-refractivity contribution < 1.29 is 25.8 Å². The summed E-state index contributed by atoms with van der Waals surface area (Å²) in [6, 6.07) is 63.1. The first-order chi connectivity index (χ1) is 32.1. The SMILES string of the molecule is CC(C)c1cccc(C(C)C)c1-c1cc(-c2ccccc2)cc([N@+]23[CH-][N+]2(c2[c-]c(Oc4[c-]c5c(cc4)c4ccccc4n5-c4cc(C(C)(C)C)ccn4)cc(C(C)(C)C)c2)c2ccccc23)c1.[Pt]. The smallest absolute Gasteiger partial charge is 0.225 e. The van der Waals surface area contributed by atoms with Gasteiger partial charge in [0, 0.05) is 68.5 Å². The van der Waals surface area contributed by atoms with Gasteiger partial charge in [-0.2, -0.15) is 10.7 Å². The van der Waals surface area contributed by atoms with Gasteiger partial charge in [0.1, 0.15) is 5.82 Å². The minimum absolute atomic E-state index is 0. The number of rotatable bonds is 9. The second kappa shape index (κ2) is 16.6. The first-order valence-corrected chi connectivity index (χ1v) is 23.9. The van der Waals surface area contributed by atoms with E-state index in [4.69, 9.17) is 9.72 Å². The molecule has 6 heteroatoms. The molecule has 9 aromatic rings. The molecule has 1 fully saturated rings. The van der Waals surface area contributed by atoms with Gasteiger partial charge < -0.3 is 9.30 Å². The average Bonchev–Trinajstić information content (AvgIpc) is 3.81. The second-order valence-corrected chi connectivity index (χ2v) is 21.3. The number of nitrogens with zero attached hydrogens (tertiary/aromatic N) is 4. The zero-order valence-electron chi connectivity index (χ0n) is 40.8. The summed E-state index contributed by atoms with van der Waals surface area (Å²) in [6.45, 7) is 25.3. The molecule has 4 heterocycles. The molecule has 0 aliphatic carbocycles. The average molecular weight is 1070 g/mol. The molecule has 344 valence electrons. The summed E-state index contributed by atoms with van der Waals surface area (Å²) in [5, 5.41) is 2.25. The van der Waals surface area contributed by atoms with Gasteiger partial charge in [-0.15, -0.1) is 35.2 Å². The first-order valence-electron chi connectivity index (χ1n) is 23.9. The molecular formula is C62H59N4OPt-. The Balaban J connectivity index is 0.00000539. The van der Waals surface area contributed by atoms with Gasteiger partial charge in [-0.3, -0.25) is 0 Å². The molecule has 0 bridgehead atoms. The molecule has 0 amide bonds. The molecule has 1 saturated heterocycles. The van der Waals surface area contributed by atoms with Crippen LogP contribution in [-0.4, -0.2) is 9.55 Å². The molecule has 2 aliphatic rings. The third-order valence-electron chi connectivity index (χ3n) is 14.2. The Morgan fingerprint density at radius 3 is 1.90 bits per heavy atom. The van der Waals surface area contributed by atoms with Crippen LogP contribution in [0.1, 0.15) is 103 Å². The van der Waals surface area contributed by atoms with Gasteiger partial charge in [0.25, 0.3) is 0 Å². The van der Waals surface area contributed by atoms with Crippen molar-refractivity contribution in [2.75, 3.05) is 0 Å². The molecule has 0 N–H and O–H groups in total. The number of ether oxygens (including phenoxy) is 1.